The van der Waals surface area contributed by atoms with Gasteiger partial charge in [0.15, 0.2) is 4.34 Å². The fourth-order valence-electron chi connectivity index (χ4n) is 3.99. The average molecular weight is 553 g/mol. The molecule has 2 aliphatic rings. The number of hydrogen-bond acceptors (Lipinski definition) is 10. The minimum absolute atomic E-state index is 0.0531. The van der Waals surface area contributed by atoms with Gasteiger partial charge < -0.3 is 26.0 Å². The molecular weight excluding hydrogens is 528 g/mol. The van der Waals surface area contributed by atoms with Crippen LogP contribution < -0.4 is 11.1 Å². The average Bonchev–Trinajstić information content (AvgIpc) is 3.28. The topological polar surface area (TPSA) is 172 Å². The molecule has 0 saturated carbocycles. The number of carbonyl (C=O) groups excluding carboxylic acids is 2. The third kappa shape index (κ3) is 4.95. The van der Waals surface area contributed by atoms with Crippen LogP contribution in [-0.2, 0) is 23.9 Å². The zero-order valence-corrected chi connectivity index (χ0v) is 21.6. The van der Waals surface area contributed by atoms with E-state index in [1.165, 1.54) is 42.0 Å². The summed E-state index contributed by atoms with van der Waals surface area (Å²) in [5, 5.41) is 20.6. The van der Waals surface area contributed by atoms with Crippen molar-refractivity contribution in [3.8, 4) is 0 Å². The highest BCUT2D eigenvalue weighted by molar-refractivity contribution is 8.02. The summed E-state index contributed by atoms with van der Waals surface area (Å²) in [5.74, 6) is -2.88. The minimum Gasteiger partial charge on any atom is -0.480 e. The smallest absolute Gasteiger partial charge is 0.352 e. The van der Waals surface area contributed by atoms with Crippen molar-refractivity contribution in [3.05, 3.63) is 35.5 Å². The Bertz CT molecular complexity index is 1220. The summed E-state index contributed by atoms with van der Waals surface area (Å²) in [4.78, 5) is 54.4. The van der Waals surface area contributed by atoms with Crippen LogP contribution in [0.2, 0.25) is 0 Å². The molecule has 2 aromatic rings. The molecule has 5 N–H and O–H groups in total. The van der Waals surface area contributed by atoms with E-state index < -0.39 is 40.9 Å². The SMILES string of the molecule is CO[C@@]1(NC(=O)CCCC(N)C(=O)O)C(=O)N2C(C(=O)O)=C(CSc3nc4ccccc4s3)CS[C@H]21. The maximum Gasteiger partial charge on any atom is 0.352 e. The molecule has 1 unspecified atom stereocenters. The van der Waals surface area contributed by atoms with Gasteiger partial charge >= 0.3 is 11.9 Å². The summed E-state index contributed by atoms with van der Waals surface area (Å²) in [7, 11) is 1.28. The Morgan fingerprint density at radius 2 is 2.11 bits per heavy atom. The highest BCUT2D eigenvalue weighted by atomic mass is 32.2. The van der Waals surface area contributed by atoms with E-state index in [9.17, 15) is 24.3 Å². The van der Waals surface area contributed by atoms with Crippen molar-refractivity contribution in [2.45, 2.75) is 40.7 Å². The van der Waals surface area contributed by atoms with E-state index in [1.54, 1.807) is 0 Å². The Hall–Kier alpha value is -2.65. The fourth-order valence-corrected chi connectivity index (χ4v) is 7.64. The number of aromatic nitrogens is 1. The third-order valence-electron chi connectivity index (χ3n) is 5.84. The van der Waals surface area contributed by atoms with Crippen molar-refractivity contribution < 1.29 is 34.1 Å². The maximum absolute atomic E-state index is 13.2. The molecule has 11 nitrogen and oxygen atoms in total. The van der Waals surface area contributed by atoms with Crippen LogP contribution in [0.1, 0.15) is 19.3 Å². The van der Waals surface area contributed by atoms with Crippen LogP contribution in [0.4, 0.5) is 0 Å². The molecule has 2 amide bonds. The predicted molar refractivity (Wildman–Crippen MR) is 135 cm³/mol. The molecule has 1 saturated heterocycles. The van der Waals surface area contributed by atoms with Gasteiger partial charge in [-0.2, -0.15) is 0 Å². The van der Waals surface area contributed by atoms with Crippen LogP contribution in [0.3, 0.4) is 0 Å². The van der Waals surface area contributed by atoms with Crippen LogP contribution in [-0.4, -0.2) is 79.6 Å². The standard InChI is InChI=1S/C22H24N4O7S3/c1-33-22(25-15(27)8-4-5-12(23)17(28)29)19(32)26-16(18(30)31)11(9-34-20(22)26)10-35-21-24-13-6-2-3-7-14(13)36-21/h2-3,6-7,12,20H,4-5,8-10,23H2,1H3,(H,25,27)(H,28,29)(H,30,31)/t12?,20-,22-/m0/s1. The van der Waals surface area contributed by atoms with E-state index in [4.69, 9.17) is 15.6 Å². The van der Waals surface area contributed by atoms with Gasteiger partial charge in [0.25, 0.3) is 11.6 Å². The lowest BCUT2D eigenvalue weighted by Gasteiger charge is -2.55. The van der Waals surface area contributed by atoms with Gasteiger partial charge in [0, 0.05) is 25.0 Å². The molecule has 0 aliphatic carbocycles. The second-order valence-corrected chi connectivity index (χ2v) is 11.5. The molecule has 192 valence electrons. The van der Waals surface area contributed by atoms with Gasteiger partial charge in [-0.1, -0.05) is 23.9 Å². The summed E-state index contributed by atoms with van der Waals surface area (Å²) >= 11 is 4.24. The molecule has 0 spiro atoms. The van der Waals surface area contributed by atoms with E-state index in [2.05, 4.69) is 10.3 Å². The monoisotopic (exact) mass is 552 g/mol. The quantitative estimate of drug-likeness (QED) is 0.181. The number of amides is 2. The predicted octanol–water partition coefficient (Wildman–Crippen LogP) is 1.68. The minimum atomic E-state index is -1.69. The number of thiazole rings is 1. The first kappa shape index (κ1) is 26.4. The first-order valence-corrected chi connectivity index (χ1v) is 13.8. The Morgan fingerprint density at radius 1 is 1.36 bits per heavy atom. The van der Waals surface area contributed by atoms with E-state index in [0.717, 1.165) is 19.5 Å². The molecule has 4 rings (SSSR count). The second kappa shape index (κ2) is 10.8. The van der Waals surface area contributed by atoms with Crippen molar-refractivity contribution in [1.82, 2.24) is 15.2 Å². The number of β-lactam (4-membered cyclic amide) rings is 1. The molecule has 0 bridgehead atoms. The van der Waals surface area contributed by atoms with Gasteiger partial charge in [0.1, 0.15) is 17.1 Å². The number of nitrogens with zero attached hydrogens (tertiary/aromatic N) is 2. The van der Waals surface area contributed by atoms with Gasteiger partial charge in [0.2, 0.25) is 5.91 Å². The first-order valence-electron chi connectivity index (χ1n) is 10.9. The zero-order chi connectivity index (χ0) is 26.0. The molecule has 1 aromatic carbocycles. The van der Waals surface area contributed by atoms with Crippen molar-refractivity contribution in [2.24, 2.45) is 5.73 Å². The van der Waals surface area contributed by atoms with Crippen molar-refractivity contribution in [3.63, 3.8) is 0 Å². The van der Waals surface area contributed by atoms with Gasteiger partial charge in [-0.25, -0.2) is 9.78 Å². The molecule has 0 radical (unpaired) electrons. The van der Waals surface area contributed by atoms with Crippen LogP contribution in [0.15, 0.2) is 39.9 Å². The molecule has 1 fully saturated rings. The van der Waals surface area contributed by atoms with Crippen LogP contribution >= 0.6 is 34.9 Å². The lowest BCUT2D eigenvalue weighted by atomic mass is 9.98. The van der Waals surface area contributed by atoms with Gasteiger partial charge in [-0.15, -0.1) is 23.1 Å². The number of carboxylic acids is 2. The Labute approximate surface area is 218 Å². The van der Waals surface area contributed by atoms with Gasteiger partial charge in [0.05, 0.1) is 10.2 Å². The van der Waals surface area contributed by atoms with E-state index in [-0.39, 0.29) is 25.0 Å². The van der Waals surface area contributed by atoms with Gasteiger partial charge in [-0.3, -0.25) is 19.3 Å². The number of aliphatic carboxylic acids is 2. The molecule has 3 heterocycles. The van der Waals surface area contributed by atoms with Crippen molar-refractivity contribution in [2.75, 3.05) is 18.6 Å². The van der Waals surface area contributed by atoms with Crippen LogP contribution in [0.5, 0.6) is 0 Å². The second-order valence-electron chi connectivity index (χ2n) is 8.16. The van der Waals surface area contributed by atoms with E-state index in [0.29, 0.717) is 17.1 Å². The Kier molecular flexibility index (Phi) is 7.90. The van der Waals surface area contributed by atoms with Crippen LogP contribution in [0, 0.1) is 0 Å². The van der Waals surface area contributed by atoms with Gasteiger partial charge in [-0.05, 0) is 30.5 Å². The molecule has 2 aliphatic heterocycles. The molecule has 1 aromatic heterocycles. The number of rotatable bonds is 11. The zero-order valence-electron chi connectivity index (χ0n) is 19.1. The lowest BCUT2D eigenvalue weighted by Crippen LogP contribution is -2.80. The molecule has 36 heavy (non-hydrogen) atoms. The Balaban J connectivity index is 1.45. The van der Waals surface area contributed by atoms with Crippen molar-refractivity contribution in [1.29, 1.82) is 0 Å². The van der Waals surface area contributed by atoms with Crippen molar-refractivity contribution >= 4 is 68.8 Å². The number of fused-ring (bicyclic) bond motifs is 2. The highest BCUT2D eigenvalue weighted by Crippen LogP contribution is 2.47. The van der Waals surface area contributed by atoms with E-state index >= 15 is 0 Å². The first-order chi connectivity index (χ1) is 17.2. The number of carbonyl (C=O) groups is 4. The summed E-state index contributed by atoms with van der Waals surface area (Å²) in [5.41, 5.74) is 5.12. The Morgan fingerprint density at radius 3 is 2.78 bits per heavy atom. The summed E-state index contributed by atoms with van der Waals surface area (Å²) < 4.78 is 7.26. The number of methoxy groups -OCH3 is 1. The summed E-state index contributed by atoms with van der Waals surface area (Å²) in [6, 6.07) is 6.64. The number of carboxylic acid groups (broad SMARTS) is 2. The largest absolute Gasteiger partial charge is 0.480 e. The molecule has 3 atom stereocenters. The number of nitrogens with one attached hydrogen (secondary N) is 1. The number of benzene rings is 1. The number of ether oxygens (including phenoxy) is 1. The van der Waals surface area contributed by atoms with Crippen LogP contribution in [0.25, 0.3) is 10.2 Å². The highest BCUT2D eigenvalue weighted by Gasteiger charge is 2.66. The summed E-state index contributed by atoms with van der Waals surface area (Å²) in [6.07, 6.45) is 0.257. The normalized spacial score (nSPS) is 22.2. The number of thioether (sulfide) groups is 2. The molecule has 14 heteroatoms. The number of hydrogen-bond donors (Lipinski definition) is 4. The number of para-hydroxylation sites is 1. The summed E-state index contributed by atoms with van der Waals surface area (Å²) in [6.45, 7) is 0. The maximum atomic E-state index is 13.2. The number of nitrogens with two attached hydrogens (primary N) is 1. The molecular formula is C22H24N4O7S3. The fraction of sp³-hybridized carbons (Fsp3) is 0.409. The third-order valence-corrected chi connectivity index (χ3v) is 9.48. The lowest BCUT2D eigenvalue weighted by molar-refractivity contribution is -0.192. The van der Waals surface area contributed by atoms with E-state index in [1.807, 2.05) is 24.3 Å².